The fourth-order valence-corrected chi connectivity index (χ4v) is 1.87. The minimum absolute atomic E-state index is 0.0967. The van der Waals surface area contributed by atoms with Crippen LogP contribution >= 0.6 is 0 Å². The van der Waals surface area contributed by atoms with Gasteiger partial charge in [0.25, 0.3) is 5.91 Å². The summed E-state index contributed by atoms with van der Waals surface area (Å²) in [5.74, 6) is -1.12. The van der Waals surface area contributed by atoms with Crippen LogP contribution in [0.2, 0.25) is 0 Å². The lowest BCUT2D eigenvalue weighted by atomic mass is 10.1. The zero-order valence-electron chi connectivity index (χ0n) is 11.6. The van der Waals surface area contributed by atoms with Gasteiger partial charge >= 0.3 is 0 Å². The molecular weight excluding hydrogens is 284 g/mol. The Kier molecular flexibility index (Phi) is 5.31. The number of imide groups is 1. The SMILES string of the molecule is O=CNC(=O)[C@H](Cc1ccccc1)NC(=O)c1cnccn1. The molecule has 3 amide bonds. The lowest BCUT2D eigenvalue weighted by Gasteiger charge is -2.16. The molecule has 0 radical (unpaired) electrons. The lowest BCUT2D eigenvalue weighted by Crippen LogP contribution is -2.47. The molecule has 112 valence electrons. The third kappa shape index (κ3) is 4.20. The van der Waals surface area contributed by atoms with Crippen LogP contribution in [-0.4, -0.2) is 34.2 Å². The topological polar surface area (TPSA) is 101 Å². The largest absolute Gasteiger partial charge is 0.338 e. The average Bonchev–Trinajstić information content (AvgIpc) is 2.56. The summed E-state index contributed by atoms with van der Waals surface area (Å²) in [4.78, 5) is 42.1. The molecule has 7 nitrogen and oxygen atoms in total. The Hall–Kier alpha value is -3.09. The highest BCUT2D eigenvalue weighted by molar-refractivity contribution is 5.97. The maximum atomic E-state index is 12.1. The van der Waals surface area contributed by atoms with Gasteiger partial charge in [-0.3, -0.25) is 24.7 Å². The number of carbonyl (C=O) groups excluding carboxylic acids is 3. The summed E-state index contributed by atoms with van der Waals surface area (Å²) in [5, 5.41) is 4.61. The quantitative estimate of drug-likeness (QED) is 0.736. The summed E-state index contributed by atoms with van der Waals surface area (Å²) >= 11 is 0. The zero-order chi connectivity index (χ0) is 15.8. The van der Waals surface area contributed by atoms with Gasteiger partial charge in [-0.1, -0.05) is 30.3 Å². The molecule has 1 aromatic heterocycles. The second-order valence-electron chi connectivity index (χ2n) is 4.43. The molecule has 1 aromatic carbocycles. The Labute approximate surface area is 126 Å². The van der Waals surface area contributed by atoms with E-state index in [9.17, 15) is 14.4 Å². The Morgan fingerprint density at radius 1 is 1.18 bits per heavy atom. The number of benzene rings is 1. The number of nitrogens with one attached hydrogen (secondary N) is 2. The van der Waals surface area contributed by atoms with Crippen molar-refractivity contribution in [3.05, 3.63) is 60.2 Å². The van der Waals surface area contributed by atoms with E-state index >= 15 is 0 Å². The summed E-state index contributed by atoms with van der Waals surface area (Å²) in [7, 11) is 0. The van der Waals surface area contributed by atoms with Crippen LogP contribution in [0.1, 0.15) is 16.1 Å². The van der Waals surface area contributed by atoms with E-state index in [-0.39, 0.29) is 18.5 Å². The van der Waals surface area contributed by atoms with Crippen molar-refractivity contribution in [2.24, 2.45) is 0 Å². The molecule has 0 aliphatic heterocycles. The van der Waals surface area contributed by atoms with Gasteiger partial charge in [0.2, 0.25) is 12.3 Å². The highest BCUT2D eigenvalue weighted by Crippen LogP contribution is 2.04. The van der Waals surface area contributed by atoms with E-state index < -0.39 is 17.9 Å². The summed E-state index contributed by atoms with van der Waals surface area (Å²) < 4.78 is 0. The standard InChI is InChI=1S/C15H14N4O3/c20-10-18-14(21)12(8-11-4-2-1-3-5-11)19-15(22)13-9-16-6-7-17-13/h1-7,9-10,12H,8H2,(H,19,22)(H,18,20,21)/t12-/m0/s1. The Morgan fingerprint density at radius 3 is 2.59 bits per heavy atom. The number of amides is 3. The molecule has 2 aromatic rings. The number of hydrogen-bond donors (Lipinski definition) is 2. The van der Waals surface area contributed by atoms with Crippen LogP contribution in [-0.2, 0) is 16.0 Å². The number of carbonyl (C=O) groups is 3. The Morgan fingerprint density at radius 2 is 1.95 bits per heavy atom. The van der Waals surface area contributed by atoms with Crippen molar-refractivity contribution in [1.29, 1.82) is 0 Å². The van der Waals surface area contributed by atoms with E-state index in [4.69, 9.17) is 0 Å². The van der Waals surface area contributed by atoms with Crippen LogP contribution in [0.5, 0.6) is 0 Å². The van der Waals surface area contributed by atoms with Gasteiger partial charge in [-0.2, -0.15) is 0 Å². The molecule has 0 aliphatic rings. The van der Waals surface area contributed by atoms with E-state index in [0.29, 0.717) is 0 Å². The molecule has 2 rings (SSSR count). The van der Waals surface area contributed by atoms with Gasteiger partial charge in [0, 0.05) is 18.8 Å². The van der Waals surface area contributed by atoms with E-state index in [1.165, 1.54) is 18.6 Å². The molecule has 0 unspecified atom stereocenters. The molecule has 7 heteroatoms. The van der Waals surface area contributed by atoms with Crippen LogP contribution in [0.3, 0.4) is 0 Å². The van der Waals surface area contributed by atoms with Gasteiger partial charge in [-0.05, 0) is 5.56 Å². The first kappa shape index (κ1) is 15.3. The average molecular weight is 298 g/mol. The summed E-state index contributed by atoms with van der Waals surface area (Å²) in [6.07, 6.45) is 4.66. The molecule has 0 fully saturated rings. The molecule has 0 aliphatic carbocycles. The van der Waals surface area contributed by atoms with Crippen molar-refractivity contribution in [1.82, 2.24) is 20.6 Å². The van der Waals surface area contributed by atoms with Gasteiger partial charge < -0.3 is 5.32 Å². The first-order chi connectivity index (χ1) is 10.7. The Balaban J connectivity index is 2.12. The van der Waals surface area contributed by atoms with Crippen molar-refractivity contribution in [2.45, 2.75) is 12.5 Å². The van der Waals surface area contributed by atoms with Crippen LogP contribution in [0.4, 0.5) is 0 Å². The van der Waals surface area contributed by atoms with E-state index in [1.54, 1.807) is 0 Å². The second kappa shape index (κ2) is 7.63. The van der Waals surface area contributed by atoms with Crippen LogP contribution < -0.4 is 10.6 Å². The number of rotatable bonds is 6. The van der Waals surface area contributed by atoms with Gasteiger partial charge in [0.15, 0.2) is 0 Å². The molecule has 22 heavy (non-hydrogen) atoms. The maximum Gasteiger partial charge on any atom is 0.272 e. The highest BCUT2D eigenvalue weighted by atomic mass is 16.2. The molecule has 2 N–H and O–H groups in total. The lowest BCUT2D eigenvalue weighted by molar-refractivity contribution is -0.126. The first-order valence-electron chi connectivity index (χ1n) is 6.55. The number of hydrogen-bond acceptors (Lipinski definition) is 5. The molecule has 0 spiro atoms. The van der Waals surface area contributed by atoms with Crippen LogP contribution in [0, 0.1) is 0 Å². The van der Waals surface area contributed by atoms with E-state index in [0.717, 1.165) is 5.56 Å². The summed E-state index contributed by atoms with van der Waals surface area (Å²) in [6.45, 7) is 0. The fraction of sp³-hybridized carbons (Fsp3) is 0.133. The fourth-order valence-electron chi connectivity index (χ4n) is 1.87. The van der Waals surface area contributed by atoms with Crippen molar-refractivity contribution < 1.29 is 14.4 Å². The van der Waals surface area contributed by atoms with Crippen LogP contribution in [0.15, 0.2) is 48.9 Å². The number of aromatic nitrogens is 2. The molecular formula is C15H14N4O3. The van der Waals surface area contributed by atoms with Gasteiger partial charge in [-0.15, -0.1) is 0 Å². The summed E-state index contributed by atoms with van der Waals surface area (Å²) in [6, 6.07) is 8.28. The third-order valence-electron chi connectivity index (χ3n) is 2.90. The minimum atomic E-state index is -0.887. The van der Waals surface area contributed by atoms with Crippen LogP contribution in [0.25, 0.3) is 0 Å². The maximum absolute atomic E-state index is 12.1. The van der Waals surface area contributed by atoms with Crippen molar-refractivity contribution in [3.8, 4) is 0 Å². The molecule has 0 bridgehead atoms. The summed E-state index contributed by atoms with van der Waals surface area (Å²) in [5.41, 5.74) is 0.951. The van der Waals surface area contributed by atoms with E-state index in [2.05, 4.69) is 20.6 Å². The van der Waals surface area contributed by atoms with Gasteiger partial charge in [0.05, 0.1) is 6.20 Å². The molecule has 0 saturated heterocycles. The first-order valence-corrected chi connectivity index (χ1v) is 6.55. The Bertz CT molecular complexity index is 646. The molecule has 1 atom stereocenters. The predicted molar refractivity (Wildman–Crippen MR) is 77.6 cm³/mol. The smallest absolute Gasteiger partial charge is 0.272 e. The van der Waals surface area contributed by atoms with Crippen molar-refractivity contribution >= 4 is 18.2 Å². The monoisotopic (exact) mass is 298 g/mol. The zero-order valence-corrected chi connectivity index (χ0v) is 11.6. The second-order valence-corrected chi connectivity index (χ2v) is 4.43. The predicted octanol–water partition coefficient (Wildman–Crippen LogP) is 0.0903. The number of nitrogens with zero attached hydrogens (tertiary/aromatic N) is 2. The molecule has 1 heterocycles. The third-order valence-corrected chi connectivity index (χ3v) is 2.90. The highest BCUT2D eigenvalue weighted by Gasteiger charge is 2.22. The van der Waals surface area contributed by atoms with Crippen molar-refractivity contribution in [2.75, 3.05) is 0 Å². The molecule has 0 saturated carbocycles. The van der Waals surface area contributed by atoms with Gasteiger partial charge in [0.1, 0.15) is 11.7 Å². The minimum Gasteiger partial charge on any atom is -0.338 e. The van der Waals surface area contributed by atoms with Crippen molar-refractivity contribution in [3.63, 3.8) is 0 Å². The normalized spacial score (nSPS) is 11.3. The van der Waals surface area contributed by atoms with E-state index in [1.807, 2.05) is 30.3 Å². The van der Waals surface area contributed by atoms with Gasteiger partial charge in [-0.25, -0.2) is 4.98 Å².